The lowest BCUT2D eigenvalue weighted by molar-refractivity contribution is -0.209. The Labute approximate surface area is 221 Å². The van der Waals surface area contributed by atoms with Crippen molar-refractivity contribution in [3.05, 3.63) is 60.4 Å². The molecule has 0 amide bonds. The molecule has 5 heterocycles. The second kappa shape index (κ2) is 8.33. The standard InChI is InChI=1S/C29H33FN8/c30-29-16-28(17-29,18-29)19-32-7-20-4-5-27-33-24(13-37(27)10-20)14-38-15-26(34-35-38)23-6-25(9-31-8-23)36-11-21-2-1-3-22(21)12-36/h4-6,8-10,13,15,21-22,32H,1-3,7,11-12,14,16-19H2. The summed E-state index contributed by atoms with van der Waals surface area (Å²) in [6.07, 6.45) is 16.3. The van der Waals surface area contributed by atoms with Crippen molar-refractivity contribution in [3.63, 3.8) is 0 Å². The number of aromatic nitrogens is 6. The van der Waals surface area contributed by atoms with Crippen LogP contribution in [0.5, 0.6) is 0 Å². The molecule has 9 heteroatoms. The van der Waals surface area contributed by atoms with Gasteiger partial charge in [-0.3, -0.25) is 4.98 Å². The van der Waals surface area contributed by atoms with E-state index in [0.717, 1.165) is 79.9 Å². The highest BCUT2D eigenvalue weighted by molar-refractivity contribution is 5.63. The molecule has 2 unspecified atom stereocenters. The average Bonchev–Trinajstić information content (AvgIpc) is 3.66. The molecule has 5 fully saturated rings. The number of rotatable bonds is 8. The molecule has 4 saturated carbocycles. The fourth-order valence-electron chi connectivity index (χ4n) is 7.65. The van der Waals surface area contributed by atoms with Crippen LogP contribution in [-0.2, 0) is 13.1 Å². The van der Waals surface area contributed by atoms with Gasteiger partial charge in [-0.25, -0.2) is 14.1 Å². The molecule has 2 atom stereocenters. The van der Waals surface area contributed by atoms with E-state index in [1.165, 1.54) is 30.5 Å². The molecule has 2 bridgehead atoms. The van der Waals surface area contributed by atoms with Crippen LogP contribution in [0.4, 0.5) is 10.1 Å². The molecule has 4 aromatic rings. The first-order valence-electron chi connectivity index (χ1n) is 14.0. The molecule has 38 heavy (non-hydrogen) atoms. The molecular weight excluding hydrogens is 479 g/mol. The van der Waals surface area contributed by atoms with Gasteiger partial charge in [-0.05, 0) is 67.1 Å². The van der Waals surface area contributed by atoms with E-state index in [4.69, 9.17) is 4.98 Å². The Kier molecular flexibility index (Phi) is 4.96. The summed E-state index contributed by atoms with van der Waals surface area (Å²) in [7, 11) is 0. The van der Waals surface area contributed by atoms with E-state index in [0.29, 0.717) is 6.54 Å². The first-order valence-corrected chi connectivity index (χ1v) is 14.0. The Morgan fingerprint density at radius 1 is 1.03 bits per heavy atom. The molecule has 196 valence electrons. The summed E-state index contributed by atoms with van der Waals surface area (Å²) in [5.74, 6) is 1.69. The predicted molar refractivity (Wildman–Crippen MR) is 142 cm³/mol. The smallest absolute Gasteiger partial charge is 0.137 e. The Balaban J connectivity index is 0.922. The summed E-state index contributed by atoms with van der Waals surface area (Å²) in [5, 5.41) is 12.3. The summed E-state index contributed by atoms with van der Waals surface area (Å²) < 4.78 is 17.7. The molecule has 5 aliphatic rings. The number of fused-ring (bicyclic) bond motifs is 2. The topological polar surface area (TPSA) is 76.2 Å². The second-order valence-electron chi connectivity index (χ2n) is 12.4. The van der Waals surface area contributed by atoms with Crippen molar-refractivity contribution < 1.29 is 4.39 Å². The number of hydrogen-bond donors (Lipinski definition) is 1. The first-order chi connectivity index (χ1) is 18.5. The number of anilines is 1. The lowest BCUT2D eigenvalue weighted by Gasteiger charge is -2.66. The highest BCUT2D eigenvalue weighted by Gasteiger charge is 2.68. The minimum absolute atomic E-state index is 0.225. The Morgan fingerprint density at radius 2 is 1.87 bits per heavy atom. The van der Waals surface area contributed by atoms with Crippen molar-refractivity contribution in [2.24, 2.45) is 17.3 Å². The highest BCUT2D eigenvalue weighted by Crippen LogP contribution is 2.69. The summed E-state index contributed by atoms with van der Waals surface area (Å²) in [4.78, 5) is 11.8. The van der Waals surface area contributed by atoms with Crippen LogP contribution in [0.25, 0.3) is 16.9 Å². The number of alkyl halides is 1. The third-order valence-electron chi connectivity index (χ3n) is 9.44. The van der Waals surface area contributed by atoms with Crippen molar-refractivity contribution in [1.29, 1.82) is 0 Å². The highest BCUT2D eigenvalue weighted by atomic mass is 19.1. The summed E-state index contributed by atoms with van der Waals surface area (Å²) in [6.45, 7) is 4.53. The van der Waals surface area contributed by atoms with Gasteiger partial charge in [-0.1, -0.05) is 17.7 Å². The SMILES string of the molecule is FC12CC(CNCc3ccc4nc(Cn5cc(-c6cncc(N7CC8CCCC8C7)c6)nn5)cn4c3)(C1)C2. The minimum atomic E-state index is -0.827. The van der Waals surface area contributed by atoms with Crippen LogP contribution in [-0.4, -0.2) is 54.7 Å². The van der Waals surface area contributed by atoms with Crippen LogP contribution in [0.1, 0.15) is 49.8 Å². The maximum Gasteiger partial charge on any atom is 0.137 e. The maximum absolute atomic E-state index is 13.7. The van der Waals surface area contributed by atoms with Crippen LogP contribution in [0, 0.1) is 17.3 Å². The van der Waals surface area contributed by atoms with Gasteiger partial charge in [0.25, 0.3) is 0 Å². The van der Waals surface area contributed by atoms with Crippen LogP contribution >= 0.6 is 0 Å². The third-order valence-corrected chi connectivity index (χ3v) is 9.44. The summed E-state index contributed by atoms with van der Waals surface area (Å²) in [6, 6.07) is 6.36. The molecule has 4 aromatic heterocycles. The lowest BCUT2D eigenvalue weighted by Crippen LogP contribution is -2.67. The van der Waals surface area contributed by atoms with Gasteiger partial charge in [0.05, 0.1) is 30.3 Å². The van der Waals surface area contributed by atoms with Crippen LogP contribution in [0.3, 0.4) is 0 Å². The Morgan fingerprint density at radius 3 is 2.68 bits per heavy atom. The Bertz CT molecular complexity index is 1480. The van der Waals surface area contributed by atoms with Gasteiger partial charge >= 0.3 is 0 Å². The van der Waals surface area contributed by atoms with Gasteiger partial charge < -0.3 is 14.6 Å². The number of halogens is 1. The molecule has 0 radical (unpaired) electrons. The van der Waals surface area contributed by atoms with Gasteiger partial charge in [-0.15, -0.1) is 5.10 Å². The fourth-order valence-corrected chi connectivity index (χ4v) is 7.65. The van der Waals surface area contributed by atoms with Crippen LogP contribution in [0.15, 0.2) is 49.2 Å². The van der Waals surface area contributed by atoms with E-state index in [-0.39, 0.29) is 5.41 Å². The third kappa shape index (κ3) is 3.90. The number of pyridine rings is 2. The van der Waals surface area contributed by atoms with Gasteiger partial charge in [0.15, 0.2) is 0 Å². The van der Waals surface area contributed by atoms with Gasteiger partial charge in [0.2, 0.25) is 0 Å². The number of hydrogen-bond acceptors (Lipinski definition) is 6. The zero-order valence-corrected chi connectivity index (χ0v) is 21.6. The van der Waals surface area contributed by atoms with Crippen molar-refractivity contribution in [2.75, 3.05) is 24.5 Å². The van der Waals surface area contributed by atoms with Crippen molar-refractivity contribution in [3.8, 4) is 11.3 Å². The van der Waals surface area contributed by atoms with E-state index in [1.54, 1.807) is 0 Å². The zero-order chi connectivity index (χ0) is 25.3. The lowest BCUT2D eigenvalue weighted by atomic mass is 9.42. The van der Waals surface area contributed by atoms with Crippen molar-refractivity contribution >= 4 is 11.3 Å². The van der Waals surface area contributed by atoms with Crippen LogP contribution < -0.4 is 10.2 Å². The van der Waals surface area contributed by atoms with Gasteiger partial charge in [0, 0.05) is 50.3 Å². The molecule has 0 aromatic carbocycles. The molecule has 0 spiro atoms. The quantitative estimate of drug-likeness (QED) is 0.380. The largest absolute Gasteiger partial charge is 0.370 e. The van der Waals surface area contributed by atoms with E-state index in [2.05, 4.69) is 60.5 Å². The molecule has 4 aliphatic carbocycles. The molecular formula is C29H33FN8. The molecule has 1 saturated heterocycles. The van der Waals surface area contributed by atoms with Gasteiger partial charge in [0.1, 0.15) is 17.0 Å². The average molecular weight is 513 g/mol. The molecule has 8 nitrogen and oxygen atoms in total. The van der Waals surface area contributed by atoms with Crippen LogP contribution in [0.2, 0.25) is 0 Å². The first kappa shape index (κ1) is 22.6. The van der Waals surface area contributed by atoms with Crippen molar-refractivity contribution in [2.45, 2.75) is 57.3 Å². The molecule has 1 aliphatic heterocycles. The maximum atomic E-state index is 13.7. The van der Waals surface area contributed by atoms with E-state index in [1.807, 2.05) is 23.3 Å². The van der Waals surface area contributed by atoms with E-state index < -0.39 is 5.67 Å². The Hall–Kier alpha value is -3.33. The van der Waals surface area contributed by atoms with Crippen molar-refractivity contribution in [1.82, 2.24) is 34.7 Å². The molecule has 9 rings (SSSR count). The normalized spacial score (nSPS) is 29.4. The molecule has 1 N–H and O–H groups in total. The summed E-state index contributed by atoms with van der Waals surface area (Å²) >= 11 is 0. The number of nitrogens with zero attached hydrogens (tertiary/aromatic N) is 7. The predicted octanol–water partition coefficient (Wildman–Crippen LogP) is 4.25. The second-order valence-corrected chi connectivity index (χ2v) is 12.4. The number of imidazole rings is 1. The number of nitrogens with one attached hydrogen (secondary N) is 1. The van der Waals surface area contributed by atoms with E-state index in [9.17, 15) is 4.39 Å². The fraction of sp³-hybridized carbons (Fsp3) is 0.517. The van der Waals surface area contributed by atoms with Gasteiger partial charge in [-0.2, -0.15) is 0 Å². The zero-order valence-electron chi connectivity index (χ0n) is 21.6. The monoisotopic (exact) mass is 512 g/mol. The van der Waals surface area contributed by atoms with E-state index >= 15 is 0 Å². The minimum Gasteiger partial charge on any atom is -0.370 e. The summed E-state index contributed by atoms with van der Waals surface area (Å²) in [5.41, 5.74) is 5.46.